The lowest BCUT2D eigenvalue weighted by Crippen LogP contribution is -2.48. The smallest absolute Gasteiger partial charge is 0.328 e. The van der Waals surface area contributed by atoms with E-state index in [9.17, 15) is 9.90 Å². The first-order chi connectivity index (χ1) is 8.70. The third-order valence-corrected chi connectivity index (χ3v) is 3.82. The highest BCUT2D eigenvalue weighted by molar-refractivity contribution is 5.82. The molecule has 0 saturated heterocycles. The summed E-state index contributed by atoms with van der Waals surface area (Å²) in [5.41, 5.74) is 1.27. The number of hydrogen-bond acceptors (Lipinski definition) is 2. The van der Waals surface area contributed by atoms with Gasteiger partial charge in [-0.15, -0.1) is 0 Å². The van der Waals surface area contributed by atoms with Gasteiger partial charge in [-0.25, -0.2) is 4.79 Å². The molecule has 0 amide bonds. The Morgan fingerprint density at radius 1 is 1.39 bits per heavy atom. The van der Waals surface area contributed by atoms with Crippen molar-refractivity contribution in [2.75, 3.05) is 6.54 Å². The first-order valence-electron chi connectivity index (χ1n) is 6.77. The fourth-order valence-electron chi connectivity index (χ4n) is 2.77. The van der Waals surface area contributed by atoms with Crippen LogP contribution in [0.15, 0.2) is 24.3 Å². The normalized spacial score (nSPS) is 21.8. The molecule has 0 aromatic heterocycles. The van der Waals surface area contributed by atoms with Crippen molar-refractivity contribution in [2.24, 2.45) is 0 Å². The van der Waals surface area contributed by atoms with Crippen LogP contribution in [0.25, 0.3) is 0 Å². The zero-order valence-corrected chi connectivity index (χ0v) is 10.9. The summed E-state index contributed by atoms with van der Waals surface area (Å²) in [4.78, 5) is 11.7. The SMILES string of the molecule is CCCCCNC1(C(=O)O)CCc2ccccc21. The third kappa shape index (κ3) is 2.27. The highest BCUT2D eigenvalue weighted by atomic mass is 16.4. The van der Waals surface area contributed by atoms with Crippen LogP contribution in [0.5, 0.6) is 0 Å². The van der Waals surface area contributed by atoms with Gasteiger partial charge in [0, 0.05) is 0 Å². The molecule has 1 unspecified atom stereocenters. The van der Waals surface area contributed by atoms with Crippen LogP contribution in [0, 0.1) is 0 Å². The highest BCUT2D eigenvalue weighted by Gasteiger charge is 2.44. The monoisotopic (exact) mass is 247 g/mol. The largest absolute Gasteiger partial charge is 0.480 e. The molecule has 3 heteroatoms. The first-order valence-corrected chi connectivity index (χ1v) is 6.77. The first kappa shape index (κ1) is 13.1. The highest BCUT2D eigenvalue weighted by Crippen LogP contribution is 2.37. The van der Waals surface area contributed by atoms with E-state index >= 15 is 0 Å². The van der Waals surface area contributed by atoms with Gasteiger partial charge in [0.1, 0.15) is 5.54 Å². The summed E-state index contributed by atoms with van der Waals surface area (Å²) >= 11 is 0. The minimum absolute atomic E-state index is 0.661. The quantitative estimate of drug-likeness (QED) is 0.760. The fraction of sp³-hybridized carbons (Fsp3) is 0.533. The molecule has 0 heterocycles. The number of carboxylic acid groups (broad SMARTS) is 1. The molecule has 98 valence electrons. The maximum Gasteiger partial charge on any atom is 0.328 e. The standard InChI is InChI=1S/C15H21NO2/c1-2-3-6-11-16-15(14(17)18)10-9-12-7-4-5-8-13(12)15/h4-5,7-8,16H,2-3,6,9-11H2,1H3,(H,17,18). The van der Waals surface area contributed by atoms with E-state index in [1.165, 1.54) is 5.56 Å². The van der Waals surface area contributed by atoms with Gasteiger partial charge in [-0.05, 0) is 36.9 Å². The lowest BCUT2D eigenvalue weighted by atomic mass is 9.91. The van der Waals surface area contributed by atoms with Crippen molar-refractivity contribution in [2.45, 2.75) is 44.6 Å². The van der Waals surface area contributed by atoms with Gasteiger partial charge in [-0.3, -0.25) is 5.32 Å². The van der Waals surface area contributed by atoms with Gasteiger partial charge < -0.3 is 5.11 Å². The van der Waals surface area contributed by atoms with E-state index in [2.05, 4.69) is 12.2 Å². The van der Waals surface area contributed by atoms with E-state index in [-0.39, 0.29) is 0 Å². The molecule has 1 aliphatic rings. The topological polar surface area (TPSA) is 49.3 Å². The van der Waals surface area contributed by atoms with E-state index < -0.39 is 11.5 Å². The molecule has 0 aliphatic heterocycles. The average molecular weight is 247 g/mol. The Morgan fingerprint density at radius 2 is 2.17 bits per heavy atom. The van der Waals surface area contributed by atoms with Crippen LogP contribution < -0.4 is 5.32 Å². The summed E-state index contributed by atoms with van der Waals surface area (Å²) in [5.74, 6) is -0.746. The molecule has 0 spiro atoms. The molecular formula is C15H21NO2. The number of aryl methyl sites for hydroxylation is 1. The number of benzene rings is 1. The summed E-state index contributed by atoms with van der Waals surface area (Å²) in [7, 11) is 0. The molecule has 1 aromatic carbocycles. The van der Waals surface area contributed by atoms with Gasteiger partial charge in [-0.1, -0.05) is 44.0 Å². The van der Waals surface area contributed by atoms with Crippen molar-refractivity contribution in [3.8, 4) is 0 Å². The Kier molecular flexibility index (Phi) is 4.02. The maximum atomic E-state index is 11.7. The molecule has 2 N–H and O–H groups in total. The zero-order valence-electron chi connectivity index (χ0n) is 10.9. The van der Waals surface area contributed by atoms with Crippen LogP contribution in [0.2, 0.25) is 0 Å². The molecule has 1 aliphatic carbocycles. The fourth-order valence-corrected chi connectivity index (χ4v) is 2.77. The Hall–Kier alpha value is -1.35. The maximum absolute atomic E-state index is 11.7. The second-order valence-electron chi connectivity index (χ2n) is 5.00. The van der Waals surface area contributed by atoms with Gasteiger partial charge in [0.25, 0.3) is 0 Å². The molecular weight excluding hydrogens is 226 g/mol. The number of rotatable bonds is 6. The van der Waals surface area contributed by atoms with Gasteiger partial charge in [0.05, 0.1) is 0 Å². The summed E-state index contributed by atoms with van der Waals surface area (Å²) < 4.78 is 0. The minimum atomic E-state index is -0.857. The van der Waals surface area contributed by atoms with Crippen molar-refractivity contribution in [1.29, 1.82) is 0 Å². The molecule has 18 heavy (non-hydrogen) atoms. The molecule has 0 radical (unpaired) electrons. The number of nitrogens with one attached hydrogen (secondary N) is 1. The molecule has 2 rings (SSSR count). The van der Waals surface area contributed by atoms with E-state index in [1.54, 1.807) is 0 Å². The zero-order chi connectivity index (χ0) is 13.0. The van der Waals surface area contributed by atoms with Crippen molar-refractivity contribution in [1.82, 2.24) is 5.32 Å². The van der Waals surface area contributed by atoms with Crippen LogP contribution in [-0.2, 0) is 16.8 Å². The van der Waals surface area contributed by atoms with Crippen LogP contribution in [0.3, 0.4) is 0 Å². The van der Waals surface area contributed by atoms with Crippen molar-refractivity contribution in [3.05, 3.63) is 35.4 Å². The predicted molar refractivity (Wildman–Crippen MR) is 71.6 cm³/mol. The molecule has 0 saturated carbocycles. The molecule has 3 nitrogen and oxygen atoms in total. The second kappa shape index (κ2) is 5.53. The predicted octanol–water partition coefficient (Wildman–Crippen LogP) is 2.69. The number of carbonyl (C=O) groups is 1. The minimum Gasteiger partial charge on any atom is -0.480 e. The van der Waals surface area contributed by atoms with Gasteiger partial charge in [0.2, 0.25) is 0 Å². The number of fused-ring (bicyclic) bond motifs is 1. The Balaban J connectivity index is 2.17. The second-order valence-corrected chi connectivity index (χ2v) is 5.00. The number of unbranched alkanes of at least 4 members (excludes halogenated alkanes) is 2. The summed E-state index contributed by atoms with van der Waals surface area (Å²) in [6.07, 6.45) is 4.84. The van der Waals surface area contributed by atoms with Crippen LogP contribution in [0.4, 0.5) is 0 Å². The van der Waals surface area contributed by atoms with Crippen LogP contribution in [0.1, 0.15) is 43.7 Å². The summed E-state index contributed by atoms with van der Waals surface area (Å²) in [5, 5.41) is 12.9. The van der Waals surface area contributed by atoms with Crippen molar-refractivity contribution < 1.29 is 9.90 Å². The molecule has 1 atom stereocenters. The molecule has 0 bridgehead atoms. The number of carboxylic acids is 1. The van der Waals surface area contributed by atoms with E-state index in [0.29, 0.717) is 6.42 Å². The van der Waals surface area contributed by atoms with Gasteiger partial charge in [0.15, 0.2) is 0 Å². The molecule has 0 fully saturated rings. The van der Waals surface area contributed by atoms with Crippen LogP contribution >= 0.6 is 0 Å². The van der Waals surface area contributed by atoms with Gasteiger partial charge in [-0.2, -0.15) is 0 Å². The summed E-state index contributed by atoms with van der Waals surface area (Å²) in [6, 6.07) is 7.89. The van der Waals surface area contributed by atoms with E-state index in [4.69, 9.17) is 0 Å². The van der Waals surface area contributed by atoms with Crippen molar-refractivity contribution >= 4 is 5.97 Å². The van der Waals surface area contributed by atoms with Crippen molar-refractivity contribution in [3.63, 3.8) is 0 Å². The van der Waals surface area contributed by atoms with E-state index in [1.807, 2.05) is 24.3 Å². The number of hydrogen-bond donors (Lipinski definition) is 2. The lowest BCUT2D eigenvalue weighted by molar-refractivity contribution is -0.145. The Morgan fingerprint density at radius 3 is 2.89 bits per heavy atom. The summed E-state index contributed by atoms with van der Waals surface area (Å²) in [6.45, 7) is 2.92. The Labute approximate surface area is 108 Å². The Bertz CT molecular complexity index is 430. The molecule has 1 aromatic rings. The van der Waals surface area contributed by atoms with Crippen LogP contribution in [-0.4, -0.2) is 17.6 Å². The lowest BCUT2D eigenvalue weighted by Gasteiger charge is -2.27. The number of aliphatic carboxylic acids is 1. The van der Waals surface area contributed by atoms with Gasteiger partial charge >= 0.3 is 5.97 Å². The average Bonchev–Trinajstić information content (AvgIpc) is 2.75. The third-order valence-electron chi connectivity index (χ3n) is 3.82. The van der Waals surface area contributed by atoms with E-state index in [0.717, 1.165) is 37.8 Å².